The summed E-state index contributed by atoms with van der Waals surface area (Å²) in [7, 11) is 0. The Labute approximate surface area is 94.5 Å². The second-order valence-corrected chi connectivity index (χ2v) is 5.17. The summed E-state index contributed by atoms with van der Waals surface area (Å²) in [5.74, 6) is -0.129. The zero-order valence-electron chi connectivity index (χ0n) is 9.63. The Hall–Kier alpha value is -1.39. The topological polar surface area (TPSA) is 63.8 Å². The molecule has 1 atom stereocenters. The highest BCUT2D eigenvalue weighted by Gasteiger charge is 2.31. The molecule has 1 unspecified atom stereocenters. The van der Waals surface area contributed by atoms with Crippen molar-refractivity contribution in [1.29, 1.82) is 0 Å². The molecule has 88 valence electrons. The van der Waals surface area contributed by atoms with Crippen molar-refractivity contribution in [2.24, 2.45) is 5.41 Å². The van der Waals surface area contributed by atoms with E-state index in [1.807, 2.05) is 0 Å². The van der Waals surface area contributed by atoms with Crippen LogP contribution in [0, 0.1) is 11.2 Å². The number of rotatable bonds is 2. The van der Waals surface area contributed by atoms with Gasteiger partial charge in [0, 0.05) is 6.04 Å². The Kier molecular flexibility index (Phi) is 2.69. The van der Waals surface area contributed by atoms with Crippen LogP contribution in [-0.2, 0) is 0 Å². The molecule has 1 heterocycles. The molecule has 0 radical (unpaired) electrons. The van der Waals surface area contributed by atoms with Gasteiger partial charge in [0.25, 0.3) is 0 Å². The first kappa shape index (κ1) is 11.1. The monoisotopic (exact) mass is 224 g/mol. The molecule has 2 rings (SSSR count). The van der Waals surface area contributed by atoms with E-state index in [1.54, 1.807) is 0 Å². The molecule has 1 aromatic heterocycles. The van der Waals surface area contributed by atoms with Crippen LogP contribution in [-0.4, -0.2) is 16.0 Å². The smallest absolute Gasteiger partial charge is 0.222 e. The van der Waals surface area contributed by atoms with Crippen molar-refractivity contribution in [3.63, 3.8) is 0 Å². The highest BCUT2D eigenvalue weighted by atomic mass is 19.1. The predicted molar refractivity (Wildman–Crippen MR) is 61.4 cm³/mol. The first-order valence-corrected chi connectivity index (χ1v) is 5.51. The van der Waals surface area contributed by atoms with E-state index in [-0.39, 0.29) is 17.8 Å². The minimum Gasteiger partial charge on any atom is -0.368 e. The highest BCUT2D eigenvalue weighted by Crippen LogP contribution is 2.38. The number of aromatic nitrogens is 2. The summed E-state index contributed by atoms with van der Waals surface area (Å²) in [5.41, 5.74) is 5.75. The number of nitrogens with zero attached hydrogens (tertiary/aromatic N) is 2. The molecular weight excluding hydrogens is 207 g/mol. The van der Waals surface area contributed by atoms with Crippen LogP contribution < -0.4 is 11.1 Å². The van der Waals surface area contributed by atoms with Gasteiger partial charge in [-0.1, -0.05) is 13.8 Å². The molecule has 16 heavy (non-hydrogen) atoms. The average molecular weight is 224 g/mol. The van der Waals surface area contributed by atoms with Gasteiger partial charge in [-0.15, -0.1) is 0 Å². The van der Waals surface area contributed by atoms with Gasteiger partial charge in [0.05, 0.1) is 6.20 Å². The second-order valence-electron chi connectivity index (χ2n) is 5.17. The minimum atomic E-state index is -0.445. The van der Waals surface area contributed by atoms with E-state index in [0.29, 0.717) is 5.41 Å². The van der Waals surface area contributed by atoms with Crippen molar-refractivity contribution >= 4 is 11.8 Å². The molecule has 4 nitrogen and oxygen atoms in total. The predicted octanol–water partition coefficient (Wildman–Crippen LogP) is 2.19. The largest absolute Gasteiger partial charge is 0.368 e. The van der Waals surface area contributed by atoms with Crippen molar-refractivity contribution in [3.05, 3.63) is 12.0 Å². The standard InChI is InChI=1S/C11H17FN4/c1-11(2)4-3-7(5-11)15-9-8(12)6-14-10(13)16-9/h6-7H,3-5H2,1-2H3,(H3,13,14,15,16). The van der Waals surface area contributed by atoms with Crippen LogP contribution in [0.4, 0.5) is 16.2 Å². The molecule has 0 spiro atoms. The molecular formula is C11H17FN4. The SMILES string of the molecule is CC1(C)CCC(Nc2nc(N)ncc2F)C1. The van der Waals surface area contributed by atoms with Gasteiger partial charge in [-0.3, -0.25) is 0 Å². The molecule has 0 aliphatic heterocycles. The Morgan fingerprint density at radius 3 is 2.94 bits per heavy atom. The normalized spacial score (nSPS) is 23.3. The lowest BCUT2D eigenvalue weighted by Gasteiger charge is -2.18. The molecule has 1 aliphatic rings. The summed E-state index contributed by atoms with van der Waals surface area (Å²) in [6.45, 7) is 4.44. The zero-order chi connectivity index (χ0) is 11.8. The third-order valence-corrected chi connectivity index (χ3v) is 3.07. The van der Waals surface area contributed by atoms with Crippen LogP contribution in [0.15, 0.2) is 6.20 Å². The summed E-state index contributed by atoms with van der Waals surface area (Å²) >= 11 is 0. The van der Waals surface area contributed by atoms with Crippen LogP contribution >= 0.6 is 0 Å². The fraction of sp³-hybridized carbons (Fsp3) is 0.636. The molecule has 3 N–H and O–H groups in total. The van der Waals surface area contributed by atoms with Gasteiger partial charge in [0.1, 0.15) is 0 Å². The van der Waals surface area contributed by atoms with Crippen LogP contribution in [0.1, 0.15) is 33.1 Å². The number of halogens is 1. The van der Waals surface area contributed by atoms with Crippen molar-refractivity contribution < 1.29 is 4.39 Å². The van der Waals surface area contributed by atoms with Crippen LogP contribution in [0.25, 0.3) is 0 Å². The molecule has 1 saturated carbocycles. The van der Waals surface area contributed by atoms with Gasteiger partial charge in [0.15, 0.2) is 11.6 Å². The number of nitrogens with two attached hydrogens (primary N) is 1. The molecule has 5 heteroatoms. The fourth-order valence-corrected chi connectivity index (χ4v) is 2.23. The third kappa shape index (κ3) is 2.40. The van der Waals surface area contributed by atoms with Crippen molar-refractivity contribution in [3.8, 4) is 0 Å². The third-order valence-electron chi connectivity index (χ3n) is 3.07. The lowest BCUT2D eigenvalue weighted by atomic mass is 9.92. The Morgan fingerprint density at radius 2 is 2.31 bits per heavy atom. The van der Waals surface area contributed by atoms with Crippen LogP contribution in [0.2, 0.25) is 0 Å². The van der Waals surface area contributed by atoms with E-state index in [0.717, 1.165) is 25.5 Å². The maximum absolute atomic E-state index is 13.4. The van der Waals surface area contributed by atoms with Gasteiger partial charge in [0.2, 0.25) is 5.95 Å². The lowest BCUT2D eigenvalue weighted by molar-refractivity contribution is 0.378. The summed E-state index contributed by atoms with van der Waals surface area (Å²) in [5, 5.41) is 3.10. The summed E-state index contributed by atoms with van der Waals surface area (Å²) in [6, 6.07) is 0.277. The summed E-state index contributed by atoms with van der Waals surface area (Å²) in [6.07, 6.45) is 4.31. The Morgan fingerprint density at radius 1 is 1.56 bits per heavy atom. The maximum Gasteiger partial charge on any atom is 0.222 e. The average Bonchev–Trinajstić information content (AvgIpc) is 2.52. The van der Waals surface area contributed by atoms with E-state index >= 15 is 0 Å². The van der Waals surface area contributed by atoms with Crippen LogP contribution in [0.5, 0.6) is 0 Å². The van der Waals surface area contributed by atoms with Gasteiger partial charge >= 0.3 is 0 Å². The number of hydrogen-bond acceptors (Lipinski definition) is 4. The molecule has 0 aromatic carbocycles. The van der Waals surface area contributed by atoms with Crippen LogP contribution in [0.3, 0.4) is 0 Å². The number of anilines is 2. The van der Waals surface area contributed by atoms with E-state index in [4.69, 9.17) is 5.73 Å². The number of nitrogens with one attached hydrogen (secondary N) is 1. The van der Waals surface area contributed by atoms with Crippen molar-refractivity contribution in [2.75, 3.05) is 11.1 Å². The van der Waals surface area contributed by atoms with Gasteiger partial charge in [-0.05, 0) is 24.7 Å². The minimum absolute atomic E-state index is 0.0983. The first-order chi connectivity index (χ1) is 7.46. The molecule has 0 bridgehead atoms. The van der Waals surface area contributed by atoms with Gasteiger partial charge in [-0.25, -0.2) is 9.37 Å². The molecule has 0 saturated heterocycles. The molecule has 1 aliphatic carbocycles. The summed E-state index contributed by atoms with van der Waals surface area (Å²) < 4.78 is 13.4. The van der Waals surface area contributed by atoms with Crippen molar-refractivity contribution in [2.45, 2.75) is 39.2 Å². The lowest BCUT2D eigenvalue weighted by Crippen LogP contribution is -2.19. The van der Waals surface area contributed by atoms with Gasteiger partial charge in [-0.2, -0.15) is 4.98 Å². The fourth-order valence-electron chi connectivity index (χ4n) is 2.23. The van der Waals surface area contributed by atoms with Gasteiger partial charge < -0.3 is 11.1 Å². The number of nitrogen functional groups attached to an aromatic ring is 1. The molecule has 1 aromatic rings. The first-order valence-electron chi connectivity index (χ1n) is 5.51. The molecule has 0 amide bonds. The summed E-state index contributed by atoms with van der Waals surface area (Å²) in [4.78, 5) is 7.46. The molecule has 1 fully saturated rings. The van der Waals surface area contributed by atoms with Crippen molar-refractivity contribution in [1.82, 2.24) is 9.97 Å². The Bertz CT molecular complexity index is 392. The van der Waals surface area contributed by atoms with E-state index in [9.17, 15) is 4.39 Å². The zero-order valence-corrected chi connectivity index (χ0v) is 9.63. The highest BCUT2D eigenvalue weighted by molar-refractivity contribution is 5.40. The quantitative estimate of drug-likeness (QED) is 0.808. The Balaban J connectivity index is 2.07. The van der Waals surface area contributed by atoms with E-state index in [1.165, 1.54) is 0 Å². The second kappa shape index (κ2) is 3.88. The van der Waals surface area contributed by atoms with E-state index < -0.39 is 5.82 Å². The number of hydrogen-bond donors (Lipinski definition) is 2. The maximum atomic E-state index is 13.4. The van der Waals surface area contributed by atoms with E-state index in [2.05, 4.69) is 29.1 Å².